The van der Waals surface area contributed by atoms with E-state index < -0.39 is 23.2 Å². The molecule has 7 heteroatoms. The van der Waals surface area contributed by atoms with Crippen LogP contribution in [0.1, 0.15) is 41.6 Å². The number of benzene rings is 1. The molecule has 0 heterocycles. The van der Waals surface area contributed by atoms with Crippen LogP contribution in [0.5, 0.6) is 0 Å². The zero-order valence-electron chi connectivity index (χ0n) is 11.1. The van der Waals surface area contributed by atoms with Crippen molar-refractivity contribution >= 4 is 33.4 Å². The lowest BCUT2D eigenvalue weighted by molar-refractivity contribution is -0.138. The molecule has 0 aromatic heterocycles. The summed E-state index contributed by atoms with van der Waals surface area (Å²) in [7, 11) is 0. The molecule has 2 nitrogen and oxygen atoms in total. The maximum atomic E-state index is 12.9. The Balaban J connectivity index is 2.24. The van der Waals surface area contributed by atoms with Crippen LogP contribution in [0.2, 0.25) is 0 Å². The Hall–Kier alpha value is -0.750. The minimum atomic E-state index is -4.51. The molecule has 0 atom stereocenters. The molecule has 1 amide bonds. The van der Waals surface area contributed by atoms with Crippen LogP contribution in [0, 0.1) is 0 Å². The number of nitrogens with one attached hydrogen (secondary N) is 1. The lowest BCUT2D eigenvalue weighted by atomic mass is 9.99. The maximum Gasteiger partial charge on any atom is 0.417 e. The van der Waals surface area contributed by atoms with E-state index in [1.165, 1.54) is 12.1 Å². The van der Waals surface area contributed by atoms with Gasteiger partial charge in [0.2, 0.25) is 0 Å². The third kappa shape index (κ3) is 3.72. The van der Waals surface area contributed by atoms with Gasteiger partial charge < -0.3 is 5.32 Å². The second-order valence-electron chi connectivity index (χ2n) is 5.27. The van der Waals surface area contributed by atoms with Crippen LogP contribution in [-0.4, -0.2) is 17.3 Å². The van der Waals surface area contributed by atoms with E-state index in [0.717, 1.165) is 31.7 Å². The second-order valence-corrected chi connectivity index (χ2v) is 6.39. The summed E-state index contributed by atoms with van der Waals surface area (Å²) in [5.41, 5.74) is -1.37. The lowest BCUT2D eigenvalue weighted by Gasteiger charge is -2.28. The third-order valence-electron chi connectivity index (χ3n) is 3.73. The van der Waals surface area contributed by atoms with Crippen LogP contribution in [0.4, 0.5) is 13.2 Å². The Morgan fingerprint density at radius 2 is 1.95 bits per heavy atom. The largest absolute Gasteiger partial charge is 0.417 e. The fraction of sp³-hybridized carbons (Fsp3) is 0.500. The van der Waals surface area contributed by atoms with E-state index in [0.29, 0.717) is 0 Å². The quantitative estimate of drug-likeness (QED) is 0.749. The average molecular weight is 385 g/mol. The summed E-state index contributed by atoms with van der Waals surface area (Å²) in [6.07, 6.45) is -1.08. The van der Waals surface area contributed by atoms with E-state index in [4.69, 9.17) is 11.6 Å². The van der Waals surface area contributed by atoms with Crippen LogP contribution in [0.25, 0.3) is 0 Å². The molecular weight excluding hydrogens is 371 g/mol. The first kappa shape index (κ1) is 16.6. The zero-order chi connectivity index (χ0) is 15.7. The van der Waals surface area contributed by atoms with E-state index in [2.05, 4.69) is 21.2 Å². The summed E-state index contributed by atoms with van der Waals surface area (Å²) in [4.78, 5) is 12.2. The topological polar surface area (TPSA) is 29.1 Å². The molecule has 1 aliphatic rings. The Morgan fingerprint density at radius 3 is 2.48 bits per heavy atom. The highest BCUT2D eigenvalue weighted by Crippen LogP contribution is 2.36. The van der Waals surface area contributed by atoms with Crippen molar-refractivity contribution in [1.29, 1.82) is 0 Å². The molecular formula is C14H14BrClF3NO. The number of carbonyl (C=O) groups excluding carboxylic acids is 1. The SMILES string of the molecule is O=C(NC1(CCl)CCCC1)c1ccc(Br)c(C(F)(F)F)c1. The van der Waals surface area contributed by atoms with Crippen LogP contribution < -0.4 is 5.32 Å². The number of halogens is 5. The summed E-state index contributed by atoms with van der Waals surface area (Å²) in [5.74, 6) is -0.253. The predicted octanol–water partition coefficient (Wildman–Crippen LogP) is 4.75. The highest BCUT2D eigenvalue weighted by Gasteiger charge is 2.36. The van der Waals surface area contributed by atoms with Gasteiger partial charge in [-0.05, 0) is 31.0 Å². The Morgan fingerprint density at radius 1 is 1.33 bits per heavy atom. The standard InChI is InChI=1S/C14H14BrClF3NO/c15-11-4-3-9(7-10(11)14(17,18)19)12(21)20-13(8-16)5-1-2-6-13/h3-4,7H,1-2,5-6,8H2,(H,20,21). The first-order valence-electron chi connectivity index (χ1n) is 6.53. The van der Waals surface area contributed by atoms with E-state index in [1.807, 2.05) is 0 Å². The lowest BCUT2D eigenvalue weighted by Crippen LogP contribution is -2.47. The van der Waals surface area contributed by atoms with Gasteiger partial charge in [0.1, 0.15) is 0 Å². The van der Waals surface area contributed by atoms with Crippen molar-refractivity contribution in [2.45, 2.75) is 37.4 Å². The molecule has 1 aromatic carbocycles. The van der Waals surface area contributed by atoms with Gasteiger partial charge in [-0.2, -0.15) is 13.2 Å². The Bertz CT molecular complexity index is 542. The number of carbonyl (C=O) groups is 1. The Labute approximate surface area is 134 Å². The van der Waals surface area contributed by atoms with Gasteiger partial charge in [0, 0.05) is 15.9 Å². The molecule has 0 spiro atoms. The average Bonchev–Trinajstić information content (AvgIpc) is 2.87. The molecule has 2 rings (SSSR count). The number of amides is 1. The van der Waals surface area contributed by atoms with Gasteiger partial charge in [-0.1, -0.05) is 28.8 Å². The predicted molar refractivity (Wildman–Crippen MR) is 78.5 cm³/mol. The van der Waals surface area contributed by atoms with Crippen LogP contribution in [0.3, 0.4) is 0 Å². The normalized spacial score (nSPS) is 17.8. The highest BCUT2D eigenvalue weighted by molar-refractivity contribution is 9.10. The molecule has 0 unspecified atom stereocenters. The van der Waals surface area contributed by atoms with Gasteiger partial charge in [-0.25, -0.2) is 0 Å². The van der Waals surface area contributed by atoms with Gasteiger partial charge in [0.25, 0.3) is 5.91 Å². The molecule has 116 valence electrons. The summed E-state index contributed by atoms with van der Waals surface area (Å²) >= 11 is 8.78. The summed E-state index contributed by atoms with van der Waals surface area (Å²) in [6, 6.07) is 3.46. The Kier molecular flexibility index (Phi) is 4.88. The van der Waals surface area contributed by atoms with Crippen LogP contribution >= 0.6 is 27.5 Å². The molecule has 0 radical (unpaired) electrons. The van der Waals surface area contributed by atoms with Gasteiger partial charge >= 0.3 is 6.18 Å². The minimum Gasteiger partial charge on any atom is -0.345 e. The van der Waals surface area contributed by atoms with E-state index in [-0.39, 0.29) is 15.9 Å². The zero-order valence-corrected chi connectivity index (χ0v) is 13.4. The fourth-order valence-electron chi connectivity index (χ4n) is 2.54. The maximum absolute atomic E-state index is 12.9. The summed E-state index contributed by atoms with van der Waals surface area (Å²) in [5, 5.41) is 2.80. The fourth-order valence-corrected chi connectivity index (χ4v) is 3.35. The smallest absolute Gasteiger partial charge is 0.345 e. The van der Waals surface area contributed by atoms with Crippen LogP contribution in [-0.2, 0) is 6.18 Å². The van der Waals surface area contributed by atoms with Crippen molar-refractivity contribution < 1.29 is 18.0 Å². The van der Waals surface area contributed by atoms with E-state index in [9.17, 15) is 18.0 Å². The molecule has 1 aromatic rings. The number of hydrogen-bond donors (Lipinski definition) is 1. The van der Waals surface area contributed by atoms with Crippen molar-refractivity contribution in [2.75, 3.05) is 5.88 Å². The van der Waals surface area contributed by atoms with Gasteiger partial charge in [0.15, 0.2) is 0 Å². The first-order valence-corrected chi connectivity index (χ1v) is 7.85. The first-order chi connectivity index (χ1) is 9.77. The molecule has 0 bridgehead atoms. The summed E-state index contributed by atoms with van der Waals surface area (Å²) in [6.45, 7) is 0. The molecule has 0 saturated heterocycles. The van der Waals surface area contributed by atoms with Crippen molar-refractivity contribution in [3.8, 4) is 0 Å². The van der Waals surface area contributed by atoms with E-state index in [1.54, 1.807) is 0 Å². The second kappa shape index (κ2) is 6.16. The molecule has 21 heavy (non-hydrogen) atoms. The van der Waals surface area contributed by atoms with E-state index >= 15 is 0 Å². The molecule has 1 aliphatic carbocycles. The molecule has 1 saturated carbocycles. The minimum absolute atomic E-state index is 0.0121. The monoisotopic (exact) mass is 383 g/mol. The molecule has 0 aliphatic heterocycles. The molecule has 1 fully saturated rings. The van der Waals surface area contributed by atoms with Crippen LogP contribution in [0.15, 0.2) is 22.7 Å². The number of rotatable bonds is 3. The molecule has 1 N–H and O–H groups in total. The number of alkyl halides is 4. The van der Waals surface area contributed by atoms with Crippen molar-refractivity contribution in [1.82, 2.24) is 5.32 Å². The third-order valence-corrected chi connectivity index (χ3v) is 4.93. The van der Waals surface area contributed by atoms with Gasteiger partial charge in [0.05, 0.1) is 11.1 Å². The highest BCUT2D eigenvalue weighted by atomic mass is 79.9. The van der Waals surface area contributed by atoms with Crippen molar-refractivity contribution in [2.24, 2.45) is 0 Å². The van der Waals surface area contributed by atoms with Gasteiger partial charge in [-0.3, -0.25) is 4.79 Å². The van der Waals surface area contributed by atoms with Crippen molar-refractivity contribution in [3.63, 3.8) is 0 Å². The van der Waals surface area contributed by atoms with Gasteiger partial charge in [-0.15, -0.1) is 11.6 Å². The number of hydrogen-bond acceptors (Lipinski definition) is 1. The summed E-state index contributed by atoms with van der Waals surface area (Å²) < 4.78 is 38.5. The van der Waals surface area contributed by atoms with Crippen molar-refractivity contribution in [3.05, 3.63) is 33.8 Å².